The smallest absolute Gasteiger partial charge is 0.287 e. The molecule has 0 aliphatic carbocycles. The fourth-order valence-corrected chi connectivity index (χ4v) is 4.09. The summed E-state index contributed by atoms with van der Waals surface area (Å²) >= 11 is 6.47. The molecule has 8 heteroatoms. The Morgan fingerprint density at radius 2 is 1.90 bits per heavy atom. The molecule has 162 valence electrons. The molecule has 0 radical (unpaired) electrons. The van der Waals surface area contributed by atoms with Gasteiger partial charge < -0.3 is 23.9 Å². The van der Waals surface area contributed by atoms with Crippen molar-refractivity contribution >= 4 is 23.4 Å². The van der Waals surface area contributed by atoms with Crippen molar-refractivity contribution in [2.45, 2.75) is 25.8 Å². The average molecular weight is 442 g/mol. The number of rotatable bonds is 5. The van der Waals surface area contributed by atoms with Gasteiger partial charge in [0.15, 0.2) is 5.76 Å². The Kier molecular flexibility index (Phi) is 6.04. The van der Waals surface area contributed by atoms with Crippen LogP contribution in [0.25, 0.3) is 5.69 Å². The number of halogens is 1. The van der Waals surface area contributed by atoms with Crippen LogP contribution in [0.4, 0.5) is 0 Å². The van der Waals surface area contributed by atoms with E-state index in [0.29, 0.717) is 48.0 Å². The minimum Gasteiger partial charge on any atom is -0.496 e. The maximum atomic E-state index is 13.2. The third-order valence-electron chi connectivity index (χ3n) is 5.57. The first-order valence-electron chi connectivity index (χ1n) is 10.1. The highest BCUT2D eigenvalue weighted by atomic mass is 35.5. The Hall–Kier alpha value is -3.19. The number of methoxy groups -OCH3 is 1. The van der Waals surface area contributed by atoms with E-state index in [0.717, 1.165) is 11.3 Å². The Labute approximate surface area is 185 Å². The van der Waals surface area contributed by atoms with Gasteiger partial charge in [0.1, 0.15) is 5.75 Å². The molecule has 3 heterocycles. The number of likely N-dealkylation sites (tertiary alicyclic amines) is 1. The molecule has 0 unspecified atom stereocenters. The maximum Gasteiger partial charge on any atom is 0.287 e. The maximum absolute atomic E-state index is 13.2. The summed E-state index contributed by atoms with van der Waals surface area (Å²) in [5, 5.41) is 3.47. The summed E-state index contributed by atoms with van der Waals surface area (Å²) < 4.78 is 12.6. The molecule has 3 aromatic rings. The third kappa shape index (κ3) is 4.32. The van der Waals surface area contributed by atoms with E-state index in [4.69, 9.17) is 20.8 Å². The highest BCUT2D eigenvalue weighted by Crippen LogP contribution is 2.31. The average Bonchev–Trinajstić information content (AvgIpc) is 3.45. The molecule has 0 bridgehead atoms. The van der Waals surface area contributed by atoms with Crippen LogP contribution in [0.15, 0.2) is 53.4 Å². The molecule has 0 saturated carbocycles. The number of hydrogen-bond acceptors (Lipinski definition) is 4. The summed E-state index contributed by atoms with van der Waals surface area (Å²) in [5.41, 5.74) is 1.98. The first kappa shape index (κ1) is 21.1. The Morgan fingerprint density at radius 1 is 1.19 bits per heavy atom. The van der Waals surface area contributed by atoms with E-state index in [9.17, 15) is 9.59 Å². The minimum atomic E-state index is -0.221. The molecule has 0 spiro atoms. The van der Waals surface area contributed by atoms with Crippen molar-refractivity contribution in [3.05, 3.63) is 70.9 Å². The van der Waals surface area contributed by atoms with Gasteiger partial charge in [-0.15, -0.1) is 0 Å². The minimum absolute atomic E-state index is 0.0114. The summed E-state index contributed by atoms with van der Waals surface area (Å²) in [6, 6.07) is 8.98. The van der Waals surface area contributed by atoms with Crippen molar-refractivity contribution < 1.29 is 18.7 Å². The Bertz CT molecular complexity index is 1080. The van der Waals surface area contributed by atoms with Crippen LogP contribution in [0.5, 0.6) is 5.75 Å². The normalized spacial score (nSPS) is 14.5. The molecule has 4 rings (SSSR count). The fraction of sp³-hybridized carbons (Fsp3) is 0.304. The summed E-state index contributed by atoms with van der Waals surface area (Å²) in [5.74, 6) is 0.452. The highest BCUT2D eigenvalue weighted by Gasteiger charge is 2.28. The Morgan fingerprint density at radius 3 is 2.52 bits per heavy atom. The largest absolute Gasteiger partial charge is 0.496 e. The van der Waals surface area contributed by atoms with E-state index in [1.165, 1.54) is 13.4 Å². The van der Waals surface area contributed by atoms with Gasteiger partial charge in [-0.05, 0) is 44.0 Å². The van der Waals surface area contributed by atoms with Crippen LogP contribution in [0, 0.1) is 6.92 Å². The van der Waals surface area contributed by atoms with Gasteiger partial charge in [0.2, 0.25) is 0 Å². The molecule has 1 aromatic carbocycles. The predicted octanol–water partition coefficient (Wildman–Crippen LogP) is 4.08. The van der Waals surface area contributed by atoms with Crippen LogP contribution in [0.3, 0.4) is 0 Å². The zero-order valence-electron chi connectivity index (χ0n) is 17.4. The van der Waals surface area contributed by atoms with Crippen LogP contribution < -0.4 is 10.1 Å². The van der Waals surface area contributed by atoms with Gasteiger partial charge in [-0.1, -0.05) is 11.6 Å². The molecule has 1 aliphatic heterocycles. The number of benzene rings is 1. The zero-order chi connectivity index (χ0) is 22.0. The first-order chi connectivity index (χ1) is 15.0. The van der Waals surface area contributed by atoms with Crippen molar-refractivity contribution in [3.63, 3.8) is 0 Å². The lowest BCUT2D eigenvalue weighted by Crippen LogP contribution is -2.46. The third-order valence-corrected chi connectivity index (χ3v) is 5.87. The van der Waals surface area contributed by atoms with Crippen LogP contribution >= 0.6 is 11.6 Å². The van der Waals surface area contributed by atoms with Crippen LogP contribution in [-0.2, 0) is 0 Å². The number of amides is 2. The number of aromatic nitrogens is 1. The van der Waals surface area contributed by atoms with Gasteiger partial charge in [0.25, 0.3) is 11.8 Å². The topological polar surface area (TPSA) is 76.7 Å². The highest BCUT2D eigenvalue weighted by molar-refractivity contribution is 6.33. The predicted molar refractivity (Wildman–Crippen MR) is 117 cm³/mol. The molecule has 1 aliphatic rings. The van der Waals surface area contributed by atoms with E-state index in [1.54, 1.807) is 23.1 Å². The standard InChI is InChI=1S/C23H24ClN3O4/c1-15-7-12-31-21(15)22(28)25-16-5-10-27(11-6-16)23(29)17-13-18(24)19(14-20(17)30-2)26-8-3-4-9-26/h3-4,7-9,12-14,16H,5-6,10-11H2,1-2H3,(H,25,28). The summed E-state index contributed by atoms with van der Waals surface area (Å²) in [4.78, 5) is 27.3. The molecular weight excluding hydrogens is 418 g/mol. The van der Waals surface area contributed by atoms with Gasteiger partial charge in [0.05, 0.1) is 29.6 Å². The number of nitrogens with zero attached hydrogens (tertiary/aromatic N) is 2. The van der Waals surface area contributed by atoms with Crippen molar-refractivity contribution in [2.24, 2.45) is 0 Å². The van der Waals surface area contributed by atoms with E-state index in [-0.39, 0.29) is 17.9 Å². The second-order valence-corrected chi connectivity index (χ2v) is 7.97. The van der Waals surface area contributed by atoms with Crippen molar-refractivity contribution in [1.29, 1.82) is 0 Å². The lowest BCUT2D eigenvalue weighted by molar-refractivity contribution is 0.0692. The zero-order valence-corrected chi connectivity index (χ0v) is 18.2. The monoisotopic (exact) mass is 441 g/mol. The molecule has 1 fully saturated rings. The molecule has 2 aromatic heterocycles. The number of hydrogen-bond donors (Lipinski definition) is 1. The summed E-state index contributed by atoms with van der Waals surface area (Å²) in [6.07, 6.45) is 6.59. The van der Waals surface area contributed by atoms with E-state index in [1.807, 2.05) is 36.0 Å². The number of piperidine rings is 1. The van der Waals surface area contributed by atoms with Crippen molar-refractivity contribution in [1.82, 2.24) is 14.8 Å². The molecule has 1 N–H and O–H groups in total. The molecule has 1 saturated heterocycles. The quantitative estimate of drug-likeness (QED) is 0.647. The first-order valence-corrected chi connectivity index (χ1v) is 10.5. The number of furan rings is 1. The van der Waals surface area contributed by atoms with Crippen molar-refractivity contribution in [3.8, 4) is 11.4 Å². The molecule has 31 heavy (non-hydrogen) atoms. The number of nitrogens with one attached hydrogen (secondary N) is 1. The lowest BCUT2D eigenvalue weighted by atomic mass is 10.0. The number of ether oxygens (including phenoxy) is 1. The second kappa shape index (κ2) is 8.89. The summed E-state index contributed by atoms with van der Waals surface area (Å²) in [6.45, 7) is 2.89. The van der Waals surface area contributed by atoms with Crippen molar-refractivity contribution in [2.75, 3.05) is 20.2 Å². The number of aryl methyl sites for hydroxylation is 1. The fourth-order valence-electron chi connectivity index (χ4n) is 3.83. The molecule has 7 nitrogen and oxygen atoms in total. The van der Waals surface area contributed by atoms with Crippen LogP contribution in [0.2, 0.25) is 5.02 Å². The van der Waals surface area contributed by atoms with Crippen LogP contribution in [0.1, 0.15) is 39.3 Å². The van der Waals surface area contributed by atoms with Gasteiger partial charge in [0, 0.05) is 43.2 Å². The molecule has 0 atom stereocenters. The molecular formula is C23H24ClN3O4. The van der Waals surface area contributed by atoms with Gasteiger partial charge in [-0.2, -0.15) is 0 Å². The Balaban J connectivity index is 1.43. The second-order valence-electron chi connectivity index (χ2n) is 7.57. The molecule has 2 amide bonds. The van der Waals surface area contributed by atoms with E-state index < -0.39 is 0 Å². The number of carbonyl (C=O) groups excluding carboxylic acids is 2. The van der Waals surface area contributed by atoms with Gasteiger partial charge in [-0.3, -0.25) is 9.59 Å². The lowest BCUT2D eigenvalue weighted by Gasteiger charge is -2.32. The van der Waals surface area contributed by atoms with Gasteiger partial charge >= 0.3 is 0 Å². The van der Waals surface area contributed by atoms with E-state index in [2.05, 4.69) is 5.32 Å². The SMILES string of the molecule is COc1cc(-n2cccc2)c(Cl)cc1C(=O)N1CCC(NC(=O)c2occc2C)CC1. The number of carbonyl (C=O) groups is 2. The summed E-state index contributed by atoms with van der Waals surface area (Å²) in [7, 11) is 1.54. The van der Waals surface area contributed by atoms with Crippen LogP contribution in [-0.4, -0.2) is 47.5 Å². The van der Waals surface area contributed by atoms with E-state index >= 15 is 0 Å². The van der Waals surface area contributed by atoms with Gasteiger partial charge in [-0.25, -0.2) is 0 Å².